The molecule has 1 unspecified atom stereocenters. The highest BCUT2D eigenvalue weighted by Gasteiger charge is 2.26. The average Bonchev–Trinajstić information content (AvgIpc) is 3.14. The van der Waals surface area contributed by atoms with Crippen molar-refractivity contribution in [3.63, 3.8) is 0 Å². The van der Waals surface area contributed by atoms with E-state index in [1.165, 1.54) is 0 Å². The third-order valence-corrected chi connectivity index (χ3v) is 3.85. The van der Waals surface area contributed by atoms with Crippen LogP contribution in [0.1, 0.15) is 37.4 Å². The van der Waals surface area contributed by atoms with Gasteiger partial charge in [-0.2, -0.15) is 4.98 Å². The van der Waals surface area contributed by atoms with Crippen molar-refractivity contribution in [2.75, 3.05) is 26.2 Å². The number of hydrogen-bond donors (Lipinski definition) is 1. The Morgan fingerprint density at radius 1 is 1.33 bits per heavy atom. The van der Waals surface area contributed by atoms with Crippen molar-refractivity contribution in [2.24, 2.45) is 0 Å². The van der Waals surface area contributed by atoms with Gasteiger partial charge in [-0.15, -0.1) is 0 Å². The Labute approximate surface area is 124 Å². The van der Waals surface area contributed by atoms with Gasteiger partial charge in [-0.1, -0.05) is 18.5 Å². The quantitative estimate of drug-likeness (QED) is 0.912. The van der Waals surface area contributed by atoms with Gasteiger partial charge in [0.05, 0.1) is 6.04 Å². The predicted octanol–water partition coefficient (Wildman–Crippen LogP) is 2.38. The molecule has 2 aromatic rings. The lowest BCUT2D eigenvalue weighted by Crippen LogP contribution is -2.45. The van der Waals surface area contributed by atoms with Crippen LogP contribution in [0.5, 0.6) is 0 Å². The molecule has 0 saturated carbocycles. The van der Waals surface area contributed by atoms with Gasteiger partial charge < -0.3 is 14.3 Å². The van der Waals surface area contributed by atoms with Crippen molar-refractivity contribution < 1.29 is 8.94 Å². The van der Waals surface area contributed by atoms with Crippen LogP contribution < -0.4 is 5.32 Å². The van der Waals surface area contributed by atoms with E-state index in [0.717, 1.165) is 50.6 Å². The van der Waals surface area contributed by atoms with Crippen molar-refractivity contribution in [3.05, 3.63) is 23.7 Å². The lowest BCUT2D eigenvalue weighted by Gasteiger charge is -2.32. The van der Waals surface area contributed by atoms with E-state index < -0.39 is 0 Å². The molecule has 0 spiro atoms. The van der Waals surface area contributed by atoms with E-state index >= 15 is 0 Å². The summed E-state index contributed by atoms with van der Waals surface area (Å²) < 4.78 is 10.9. The van der Waals surface area contributed by atoms with Gasteiger partial charge in [0, 0.05) is 26.2 Å². The molecule has 1 N–H and O–H groups in total. The standard InChI is InChI=1S/C15H22N4O2/c1-3-4-12(19-9-7-16-8-10-19)14-17-15(21-18-14)13-6-5-11(2)20-13/h5-6,12,16H,3-4,7-10H2,1-2H3. The summed E-state index contributed by atoms with van der Waals surface area (Å²) in [6, 6.07) is 4.00. The van der Waals surface area contributed by atoms with Crippen LogP contribution in [0.3, 0.4) is 0 Å². The first-order valence-corrected chi connectivity index (χ1v) is 7.63. The van der Waals surface area contributed by atoms with Crippen LogP contribution in [0.15, 0.2) is 21.1 Å². The summed E-state index contributed by atoms with van der Waals surface area (Å²) in [4.78, 5) is 6.99. The van der Waals surface area contributed by atoms with Crippen molar-refractivity contribution >= 4 is 0 Å². The maximum Gasteiger partial charge on any atom is 0.293 e. The molecule has 114 valence electrons. The van der Waals surface area contributed by atoms with Crippen LogP contribution in [0.2, 0.25) is 0 Å². The Morgan fingerprint density at radius 3 is 2.81 bits per heavy atom. The fourth-order valence-corrected chi connectivity index (χ4v) is 2.76. The Kier molecular flexibility index (Phi) is 4.36. The molecule has 1 aliphatic rings. The predicted molar refractivity (Wildman–Crippen MR) is 78.8 cm³/mol. The Morgan fingerprint density at radius 2 is 2.14 bits per heavy atom. The van der Waals surface area contributed by atoms with Crippen LogP contribution in [-0.2, 0) is 0 Å². The molecule has 1 fully saturated rings. The lowest BCUT2D eigenvalue weighted by molar-refractivity contribution is 0.155. The first-order valence-electron chi connectivity index (χ1n) is 7.63. The van der Waals surface area contributed by atoms with Crippen molar-refractivity contribution in [2.45, 2.75) is 32.7 Å². The average molecular weight is 290 g/mol. The number of rotatable bonds is 5. The molecular weight excluding hydrogens is 268 g/mol. The van der Waals surface area contributed by atoms with Crippen LogP contribution in [-0.4, -0.2) is 41.2 Å². The summed E-state index contributed by atoms with van der Waals surface area (Å²) in [5.74, 6) is 2.72. The second-order valence-corrected chi connectivity index (χ2v) is 5.46. The van der Waals surface area contributed by atoms with Gasteiger partial charge in [-0.3, -0.25) is 4.90 Å². The number of nitrogens with one attached hydrogen (secondary N) is 1. The Balaban J connectivity index is 1.81. The number of nitrogens with zero attached hydrogens (tertiary/aromatic N) is 3. The molecule has 0 amide bonds. The fourth-order valence-electron chi connectivity index (χ4n) is 2.76. The van der Waals surface area contributed by atoms with Crippen molar-refractivity contribution in [1.29, 1.82) is 0 Å². The zero-order valence-electron chi connectivity index (χ0n) is 12.6. The first kappa shape index (κ1) is 14.3. The monoisotopic (exact) mass is 290 g/mol. The SMILES string of the molecule is CCCC(c1noc(-c2ccc(C)o2)n1)N1CCNCC1. The molecule has 0 bridgehead atoms. The number of piperazine rings is 1. The molecule has 1 saturated heterocycles. The van der Waals surface area contributed by atoms with E-state index in [1.807, 2.05) is 19.1 Å². The van der Waals surface area contributed by atoms with Gasteiger partial charge in [0.1, 0.15) is 5.76 Å². The van der Waals surface area contributed by atoms with Crippen molar-refractivity contribution in [3.8, 4) is 11.7 Å². The molecule has 6 nitrogen and oxygen atoms in total. The summed E-state index contributed by atoms with van der Waals surface area (Å²) in [6.07, 6.45) is 2.13. The Bertz CT molecular complexity index is 572. The first-order chi connectivity index (χ1) is 10.3. The molecule has 6 heteroatoms. The highest BCUT2D eigenvalue weighted by Crippen LogP contribution is 2.27. The highest BCUT2D eigenvalue weighted by atomic mass is 16.5. The number of hydrogen-bond acceptors (Lipinski definition) is 6. The van der Waals surface area contributed by atoms with E-state index in [0.29, 0.717) is 11.7 Å². The zero-order chi connectivity index (χ0) is 14.7. The van der Waals surface area contributed by atoms with Crippen LogP contribution >= 0.6 is 0 Å². The molecular formula is C15H22N4O2. The summed E-state index contributed by atoms with van der Waals surface area (Å²) >= 11 is 0. The molecule has 1 atom stereocenters. The molecule has 0 radical (unpaired) electrons. The lowest BCUT2D eigenvalue weighted by atomic mass is 10.1. The van der Waals surface area contributed by atoms with Crippen LogP contribution in [0.25, 0.3) is 11.7 Å². The van der Waals surface area contributed by atoms with Gasteiger partial charge >= 0.3 is 0 Å². The van der Waals surface area contributed by atoms with Crippen molar-refractivity contribution in [1.82, 2.24) is 20.4 Å². The summed E-state index contributed by atoms with van der Waals surface area (Å²) in [7, 11) is 0. The zero-order valence-corrected chi connectivity index (χ0v) is 12.6. The van der Waals surface area contributed by atoms with E-state index in [4.69, 9.17) is 8.94 Å². The number of furan rings is 1. The molecule has 0 aliphatic carbocycles. The van der Waals surface area contributed by atoms with Gasteiger partial charge in [0.25, 0.3) is 5.89 Å². The van der Waals surface area contributed by atoms with E-state index in [-0.39, 0.29) is 6.04 Å². The minimum Gasteiger partial charge on any atom is -0.456 e. The molecule has 3 heterocycles. The topological polar surface area (TPSA) is 67.3 Å². The van der Waals surface area contributed by atoms with Gasteiger partial charge in [0.15, 0.2) is 11.6 Å². The molecule has 1 aliphatic heterocycles. The third-order valence-electron chi connectivity index (χ3n) is 3.85. The molecule has 2 aromatic heterocycles. The van der Waals surface area contributed by atoms with E-state index in [1.54, 1.807) is 0 Å². The maximum atomic E-state index is 5.55. The normalized spacial score (nSPS) is 18.0. The summed E-state index contributed by atoms with van der Waals surface area (Å²) in [5.41, 5.74) is 0. The van der Waals surface area contributed by atoms with Gasteiger partial charge in [-0.05, 0) is 25.5 Å². The third kappa shape index (κ3) is 3.16. The number of aromatic nitrogens is 2. The van der Waals surface area contributed by atoms with Crippen LogP contribution in [0, 0.1) is 6.92 Å². The minimum atomic E-state index is 0.227. The number of aryl methyl sites for hydroxylation is 1. The van der Waals surface area contributed by atoms with Gasteiger partial charge in [-0.25, -0.2) is 0 Å². The highest BCUT2D eigenvalue weighted by molar-refractivity contribution is 5.44. The maximum absolute atomic E-state index is 5.55. The Hall–Kier alpha value is -1.66. The fraction of sp³-hybridized carbons (Fsp3) is 0.600. The van der Waals surface area contributed by atoms with E-state index in [2.05, 4.69) is 27.3 Å². The van der Waals surface area contributed by atoms with E-state index in [9.17, 15) is 0 Å². The molecule has 0 aromatic carbocycles. The smallest absolute Gasteiger partial charge is 0.293 e. The minimum absolute atomic E-state index is 0.227. The van der Waals surface area contributed by atoms with Gasteiger partial charge in [0.2, 0.25) is 0 Å². The second-order valence-electron chi connectivity index (χ2n) is 5.46. The molecule has 21 heavy (non-hydrogen) atoms. The largest absolute Gasteiger partial charge is 0.456 e. The summed E-state index contributed by atoms with van der Waals surface area (Å²) in [5, 5.41) is 7.56. The molecule has 3 rings (SSSR count). The van der Waals surface area contributed by atoms with Crippen LogP contribution in [0.4, 0.5) is 0 Å². The summed E-state index contributed by atoms with van der Waals surface area (Å²) in [6.45, 7) is 8.17. The second kappa shape index (κ2) is 6.41.